The van der Waals surface area contributed by atoms with Crippen LogP contribution in [0, 0.1) is 0 Å². The summed E-state index contributed by atoms with van der Waals surface area (Å²) in [6.45, 7) is 2.33. The van der Waals surface area contributed by atoms with Crippen molar-refractivity contribution in [1.29, 1.82) is 0 Å². The van der Waals surface area contributed by atoms with Gasteiger partial charge in [0.25, 0.3) is 0 Å². The Labute approximate surface area is 202 Å². The van der Waals surface area contributed by atoms with E-state index in [-0.39, 0.29) is 6.61 Å². The van der Waals surface area contributed by atoms with Crippen LogP contribution >= 0.6 is 23.8 Å². The number of halogens is 1. The molecule has 0 bridgehead atoms. The largest absolute Gasteiger partial charge is 0.460 e. The van der Waals surface area contributed by atoms with Gasteiger partial charge in [0, 0.05) is 41.6 Å². The lowest BCUT2D eigenvalue weighted by Crippen LogP contribution is -2.48. The van der Waals surface area contributed by atoms with E-state index in [9.17, 15) is 4.79 Å². The van der Waals surface area contributed by atoms with Crippen LogP contribution in [0.1, 0.15) is 18.5 Å². The number of benzene rings is 2. The van der Waals surface area contributed by atoms with E-state index in [0.717, 1.165) is 16.9 Å². The van der Waals surface area contributed by atoms with Gasteiger partial charge in [-0.25, -0.2) is 9.78 Å². The normalized spacial score (nSPS) is 16.0. The van der Waals surface area contributed by atoms with Crippen LogP contribution in [0.2, 0.25) is 5.02 Å². The Morgan fingerprint density at radius 3 is 2.45 bits per heavy atom. The second kappa shape index (κ2) is 10.2. The molecular formula is C24H23ClN4O3S. The minimum absolute atomic E-state index is 0.157. The lowest BCUT2D eigenvalue weighted by atomic mass is 9.94. The van der Waals surface area contributed by atoms with Gasteiger partial charge in [-0.3, -0.25) is 4.90 Å². The number of aromatic nitrogens is 2. The average Bonchev–Trinajstić information content (AvgIpc) is 3.35. The number of rotatable bonds is 7. The van der Waals surface area contributed by atoms with Gasteiger partial charge in [-0.1, -0.05) is 23.7 Å². The van der Waals surface area contributed by atoms with Crippen molar-refractivity contribution in [2.24, 2.45) is 0 Å². The second-order valence-electron chi connectivity index (χ2n) is 7.38. The number of ether oxygens (including phenoxy) is 2. The molecule has 9 heteroatoms. The third-order valence-electron chi connectivity index (χ3n) is 5.34. The number of methoxy groups -OCH3 is 1. The van der Waals surface area contributed by atoms with E-state index < -0.39 is 12.0 Å². The molecule has 1 atom stereocenters. The van der Waals surface area contributed by atoms with Gasteiger partial charge in [-0.2, -0.15) is 0 Å². The van der Waals surface area contributed by atoms with Crippen LogP contribution in [0.4, 0.5) is 5.69 Å². The third kappa shape index (κ3) is 4.93. The van der Waals surface area contributed by atoms with E-state index in [0.29, 0.717) is 28.0 Å². The molecule has 1 aromatic heterocycles. The van der Waals surface area contributed by atoms with Crippen molar-refractivity contribution >= 4 is 40.6 Å². The molecule has 7 nitrogen and oxygen atoms in total. The zero-order valence-electron chi connectivity index (χ0n) is 18.2. The third-order valence-corrected chi connectivity index (χ3v) is 5.89. The zero-order valence-corrected chi connectivity index (χ0v) is 19.8. The molecular weight excluding hydrogens is 460 g/mol. The van der Waals surface area contributed by atoms with Gasteiger partial charge in [0.2, 0.25) is 0 Å². The number of allylic oxidation sites excluding steroid dienone is 1. The van der Waals surface area contributed by atoms with Crippen LogP contribution in [0.3, 0.4) is 0 Å². The molecule has 2 heterocycles. The van der Waals surface area contributed by atoms with Crippen LogP contribution < -0.4 is 10.2 Å². The van der Waals surface area contributed by atoms with Crippen molar-refractivity contribution in [3.8, 4) is 5.69 Å². The monoisotopic (exact) mass is 482 g/mol. The van der Waals surface area contributed by atoms with Crippen molar-refractivity contribution < 1.29 is 14.3 Å². The topological polar surface area (TPSA) is 68.6 Å². The maximum atomic E-state index is 13.2. The second-order valence-corrected chi connectivity index (χ2v) is 8.21. The number of nitrogens with one attached hydrogen (secondary N) is 1. The van der Waals surface area contributed by atoms with Crippen molar-refractivity contribution in [3.05, 3.63) is 89.1 Å². The first-order valence-electron chi connectivity index (χ1n) is 10.3. The molecule has 0 radical (unpaired) electrons. The highest BCUT2D eigenvalue weighted by Gasteiger charge is 2.35. The predicted octanol–water partition coefficient (Wildman–Crippen LogP) is 4.43. The van der Waals surface area contributed by atoms with Gasteiger partial charge in [0.15, 0.2) is 5.11 Å². The molecule has 4 rings (SSSR count). The molecule has 170 valence electrons. The maximum absolute atomic E-state index is 13.2. The number of thiocarbonyl (C=S) groups is 1. The van der Waals surface area contributed by atoms with Gasteiger partial charge in [0.1, 0.15) is 6.61 Å². The maximum Gasteiger partial charge on any atom is 0.338 e. The summed E-state index contributed by atoms with van der Waals surface area (Å²) in [5.41, 5.74) is 3.81. The minimum atomic E-state index is -0.465. The summed E-state index contributed by atoms with van der Waals surface area (Å²) in [4.78, 5) is 19.1. The molecule has 0 fully saturated rings. The Kier molecular flexibility index (Phi) is 7.08. The zero-order chi connectivity index (χ0) is 23.4. The minimum Gasteiger partial charge on any atom is -0.460 e. The lowest BCUT2D eigenvalue weighted by molar-refractivity contribution is -0.140. The Morgan fingerprint density at radius 1 is 1.12 bits per heavy atom. The SMILES string of the molecule is COCCOC(=O)C1=C(C)N(c2ccc(Cl)cc2)C(=S)NC1c1ccc(-n2ccnc2)cc1. The lowest BCUT2D eigenvalue weighted by Gasteiger charge is -2.37. The van der Waals surface area contributed by atoms with Crippen LogP contribution in [0.5, 0.6) is 0 Å². The number of imidazole rings is 1. The summed E-state index contributed by atoms with van der Waals surface area (Å²) in [6.07, 6.45) is 5.33. The fourth-order valence-corrected chi connectivity index (χ4v) is 4.19. The first-order chi connectivity index (χ1) is 16.0. The summed E-state index contributed by atoms with van der Waals surface area (Å²) in [6, 6.07) is 14.7. The molecule has 1 aliphatic rings. The van der Waals surface area contributed by atoms with Gasteiger partial charge in [-0.15, -0.1) is 0 Å². The van der Waals surface area contributed by atoms with Crippen LogP contribution in [0.25, 0.3) is 5.69 Å². The van der Waals surface area contributed by atoms with E-state index >= 15 is 0 Å². The van der Waals surface area contributed by atoms with E-state index in [4.69, 9.17) is 33.3 Å². The van der Waals surface area contributed by atoms with E-state index in [1.54, 1.807) is 31.8 Å². The molecule has 0 aliphatic carbocycles. The summed E-state index contributed by atoms with van der Waals surface area (Å²) < 4.78 is 12.4. The molecule has 3 aromatic rings. The molecule has 1 aliphatic heterocycles. The number of hydrogen-bond donors (Lipinski definition) is 1. The number of carbonyl (C=O) groups is 1. The molecule has 1 N–H and O–H groups in total. The van der Waals surface area contributed by atoms with E-state index in [1.807, 2.05) is 59.0 Å². The fourth-order valence-electron chi connectivity index (χ4n) is 3.70. The van der Waals surface area contributed by atoms with Crippen molar-refractivity contribution in [3.63, 3.8) is 0 Å². The summed E-state index contributed by atoms with van der Waals surface area (Å²) in [5, 5.41) is 4.41. The smallest absolute Gasteiger partial charge is 0.338 e. The fraction of sp³-hybridized carbons (Fsp3) is 0.208. The quantitative estimate of drug-likeness (QED) is 0.303. The van der Waals surface area contributed by atoms with E-state index in [2.05, 4.69) is 10.3 Å². The molecule has 33 heavy (non-hydrogen) atoms. The molecule has 0 saturated heterocycles. The van der Waals surface area contributed by atoms with Gasteiger partial charge in [0.05, 0.1) is 24.5 Å². The molecule has 0 spiro atoms. The average molecular weight is 483 g/mol. The highest BCUT2D eigenvalue weighted by Crippen LogP contribution is 2.35. The van der Waals surface area contributed by atoms with Crippen molar-refractivity contribution in [1.82, 2.24) is 14.9 Å². The highest BCUT2D eigenvalue weighted by atomic mass is 35.5. The Bertz CT molecular complexity index is 1160. The number of anilines is 1. The summed E-state index contributed by atoms with van der Waals surface area (Å²) in [7, 11) is 1.56. The standard InChI is InChI=1S/C24H23ClN4O3S/c1-16-21(23(30)32-14-13-31-2)22(17-3-7-19(8-4-17)28-12-11-26-15-28)27-24(33)29(16)20-9-5-18(25)6-10-20/h3-12,15,22H,13-14H2,1-2H3,(H,27,33). The predicted molar refractivity (Wildman–Crippen MR) is 132 cm³/mol. The van der Waals surface area contributed by atoms with Crippen LogP contribution in [-0.4, -0.2) is 41.0 Å². The number of carbonyl (C=O) groups excluding carboxylic acids is 1. The van der Waals surface area contributed by atoms with Gasteiger partial charge in [-0.05, 0) is 61.1 Å². The number of hydrogen-bond acceptors (Lipinski definition) is 5. The first-order valence-corrected chi connectivity index (χ1v) is 11.1. The summed E-state index contributed by atoms with van der Waals surface area (Å²) in [5.74, 6) is -0.429. The van der Waals surface area contributed by atoms with Crippen LogP contribution in [0.15, 0.2) is 78.5 Å². The molecule has 0 amide bonds. The Balaban J connectivity index is 1.72. The Hall–Kier alpha value is -3.20. The van der Waals surface area contributed by atoms with Gasteiger partial charge < -0.3 is 19.4 Å². The number of esters is 1. The van der Waals surface area contributed by atoms with Gasteiger partial charge >= 0.3 is 5.97 Å². The molecule has 0 saturated carbocycles. The first kappa shape index (κ1) is 23.0. The molecule has 1 unspecified atom stereocenters. The van der Waals surface area contributed by atoms with Crippen molar-refractivity contribution in [2.75, 3.05) is 25.2 Å². The van der Waals surface area contributed by atoms with Crippen LogP contribution in [-0.2, 0) is 14.3 Å². The summed E-state index contributed by atoms with van der Waals surface area (Å²) >= 11 is 11.8. The highest BCUT2D eigenvalue weighted by molar-refractivity contribution is 7.80. The number of nitrogens with zero attached hydrogens (tertiary/aromatic N) is 3. The Morgan fingerprint density at radius 2 is 1.82 bits per heavy atom. The van der Waals surface area contributed by atoms with Crippen molar-refractivity contribution in [2.45, 2.75) is 13.0 Å². The van der Waals surface area contributed by atoms with E-state index in [1.165, 1.54) is 0 Å². The molecule has 2 aromatic carbocycles.